The number of nitrogens with zero attached hydrogens (tertiary/aromatic N) is 1. The van der Waals surface area contributed by atoms with Gasteiger partial charge in [0.15, 0.2) is 11.4 Å². The van der Waals surface area contributed by atoms with E-state index in [1.807, 2.05) is 24.3 Å². The first-order valence-electron chi connectivity index (χ1n) is 8.51. The zero-order chi connectivity index (χ0) is 20.7. The molecule has 0 aliphatic carbocycles. The molecule has 0 radical (unpaired) electrons. The lowest BCUT2D eigenvalue weighted by atomic mass is 9.95. The molecule has 148 valence electrons. The van der Waals surface area contributed by atoms with Gasteiger partial charge in [-0.1, -0.05) is 41.4 Å². The molecule has 29 heavy (non-hydrogen) atoms. The lowest BCUT2D eigenvalue weighted by molar-refractivity contribution is 0.0681. The van der Waals surface area contributed by atoms with Gasteiger partial charge in [-0.2, -0.15) is 0 Å². The van der Waals surface area contributed by atoms with Gasteiger partial charge < -0.3 is 15.6 Å². The number of aromatic hydroxyl groups is 1. The Morgan fingerprint density at radius 2 is 1.86 bits per heavy atom. The highest BCUT2D eigenvalue weighted by Gasteiger charge is 2.27. The van der Waals surface area contributed by atoms with Gasteiger partial charge in [-0.25, -0.2) is 4.79 Å². The zero-order valence-corrected chi connectivity index (χ0v) is 17.1. The Hall–Kier alpha value is -2.61. The summed E-state index contributed by atoms with van der Waals surface area (Å²) in [6.07, 6.45) is 1.28. The number of rotatable bonds is 3. The average Bonchev–Trinajstić information content (AvgIpc) is 2.83. The summed E-state index contributed by atoms with van der Waals surface area (Å²) in [5, 5.41) is 20.3. The van der Waals surface area contributed by atoms with Gasteiger partial charge in [0.2, 0.25) is 5.43 Å². The Labute approximate surface area is 179 Å². The van der Waals surface area contributed by atoms with Crippen molar-refractivity contribution < 1.29 is 15.0 Å². The van der Waals surface area contributed by atoms with Crippen molar-refractivity contribution in [2.75, 3.05) is 5.43 Å². The molecule has 3 aromatic rings. The van der Waals surface area contributed by atoms with E-state index in [4.69, 9.17) is 23.2 Å². The summed E-state index contributed by atoms with van der Waals surface area (Å²) in [5.41, 5.74) is 4.48. The van der Waals surface area contributed by atoms with Crippen LogP contribution in [0.1, 0.15) is 33.2 Å². The fourth-order valence-electron chi connectivity index (χ4n) is 3.29. The number of pyridine rings is 1. The molecule has 2 heterocycles. The van der Waals surface area contributed by atoms with Crippen LogP contribution in [0.2, 0.25) is 10.0 Å². The Morgan fingerprint density at radius 1 is 1.14 bits per heavy atom. The van der Waals surface area contributed by atoms with E-state index in [9.17, 15) is 19.8 Å². The minimum Gasteiger partial charge on any atom is -0.502 e. The predicted molar refractivity (Wildman–Crippen MR) is 113 cm³/mol. The van der Waals surface area contributed by atoms with Crippen molar-refractivity contribution in [3.63, 3.8) is 0 Å². The molecule has 0 fully saturated rings. The molecule has 0 saturated carbocycles. The van der Waals surface area contributed by atoms with Gasteiger partial charge >= 0.3 is 5.97 Å². The van der Waals surface area contributed by atoms with Crippen LogP contribution in [0, 0.1) is 0 Å². The summed E-state index contributed by atoms with van der Waals surface area (Å²) in [5.74, 6) is -1.61. The summed E-state index contributed by atoms with van der Waals surface area (Å²) >= 11 is 14.1. The molecule has 1 aromatic heterocycles. The van der Waals surface area contributed by atoms with Gasteiger partial charge in [0.1, 0.15) is 0 Å². The standard InChI is InChI=1S/C20H14Cl2N2O4S/c21-13-7-10-9-29-16-4-2-1-3-11(16)17(12(10)8-14(13)22)23-24-6-5-15(25)19(26)18(24)20(27)28/h1-8,17,23,26H,9H2,(H,27,28). The molecule has 1 aliphatic heterocycles. The van der Waals surface area contributed by atoms with Gasteiger partial charge in [-0.15, -0.1) is 11.8 Å². The van der Waals surface area contributed by atoms with Gasteiger partial charge in [0.05, 0.1) is 16.1 Å². The van der Waals surface area contributed by atoms with E-state index in [0.717, 1.165) is 32.3 Å². The van der Waals surface area contributed by atoms with Crippen molar-refractivity contribution in [3.05, 3.63) is 91.3 Å². The number of benzene rings is 2. The van der Waals surface area contributed by atoms with Crippen molar-refractivity contribution in [3.8, 4) is 5.75 Å². The van der Waals surface area contributed by atoms with E-state index < -0.39 is 28.9 Å². The van der Waals surface area contributed by atoms with Gasteiger partial charge in [0, 0.05) is 22.9 Å². The number of carboxylic acids is 1. The number of hydrogen-bond acceptors (Lipinski definition) is 5. The molecule has 3 N–H and O–H groups in total. The van der Waals surface area contributed by atoms with Crippen molar-refractivity contribution in [2.45, 2.75) is 16.7 Å². The number of carboxylic acid groups (broad SMARTS) is 1. The number of fused-ring (bicyclic) bond motifs is 2. The summed E-state index contributed by atoms with van der Waals surface area (Å²) < 4.78 is 1.14. The maximum absolute atomic E-state index is 11.7. The lowest BCUT2D eigenvalue weighted by Gasteiger charge is -2.25. The van der Waals surface area contributed by atoms with Crippen LogP contribution in [0.3, 0.4) is 0 Å². The first-order chi connectivity index (χ1) is 13.9. The van der Waals surface area contributed by atoms with Crippen molar-refractivity contribution in [2.24, 2.45) is 0 Å². The second-order valence-electron chi connectivity index (χ2n) is 6.41. The molecule has 0 saturated heterocycles. The van der Waals surface area contributed by atoms with Crippen LogP contribution in [0.5, 0.6) is 5.75 Å². The minimum atomic E-state index is -1.43. The van der Waals surface area contributed by atoms with Gasteiger partial charge in [-0.3, -0.25) is 9.47 Å². The van der Waals surface area contributed by atoms with E-state index in [0.29, 0.717) is 15.8 Å². The fourth-order valence-corrected chi connectivity index (χ4v) is 4.73. The van der Waals surface area contributed by atoms with Crippen molar-refractivity contribution in [1.29, 1.82) is 0 Å². The molecule has 6 nitrogen and oxygen atoms in total. The van der Waals surface area contributed by atoms with Crippen LogP contribution in [-0.4, -0.2) is 20.9 Å². The van der Waals surface area contributed by atoms with Crippen LogP contribution in [0.15, 0.2) is 58.4 Å². The van der Waals surface area contributed by atoms with Crippen LogP contribution in [0.4, 0.5) is 0 Å². The van der Waals surface area contributed by atoms with Crippen LogP contribution >= 0.6 is 35.0 Å². The number of thioether (sulfide) groups is 1. The van der Waals surface area contributed by atoms with E-state index in [-0.39, 0.29) is 0 Å². The summed E-state index contributed by atoms with van der Waals surface area (Å²) in [6, 6.07) is 11.9. The molecule has 1 unspecified atom stereocenters. The zero-order valence-electron chi connectivity index (χ0n) is 14.7. The number of aromatic carboxylic acids is 1. The number of hydrogen-bond donors (Lipinski definition) is 3. The number of nitrogens with one attached hydrogen (secondary N) is 1. The fraction of sp³-hybridized carbons (Fsp3) is 0.100. The van der Waals surface area contributed by atoms with Crippen LogP contribution < -0.4 is 10.9 Å². The highest BCUT2D eigenvalue weighted by atomic mass is 35.5. The quantitative estimate of drug-likeness (QED) is 0.546. The number of halogens is 2. The Morgan fingerprint density at radius 3 is 2.62 bits per heavy atom. The SMILES string of the molecule is O=C(O)c1c(O)c(=O)ccn1NC1c2cc(Cl)c(Cl)cc2CSc2ccccc21. The monoisotopic (exact) mass is 448 g/mol. The number of carbonyl (C=O) groups is 1. The topological polar surface area (TPSA) is 91.6 Å². The molecule has 4 rings (SSSR count). The largest absolute Gasteiger partial charge is 0.502 e. The molecule has 1 atom stereocenters. The average molecular weight is 449 g/mol. The highest BCUT2D eigenvalue weighted by Crippen LogP contribution is 2.42. The third kappa shape index (κ3) is 3.57. The first kappa shape index (κ1) is 19.7. The number of aromatic nitrogens is 1. The maximum atomic E-state index is 11.7. The molecule has 0 bridgehead atoms. The first-order valence-corrected chi connectivity index (χ1v) is 10.2. The van der Waals surface area contributed by atoms with Gasteiger partial charge in [0.25, 0.3) is 0 Å². The predicted octanol–water partition coefficient (Wildman–Crippen LogP) is 4.50. The Kier molecular flexibility index (Phi) is 5.21. The minimum absolute atomic E-state index is 0.378. The summed E-state index contributed by atoms with van der Waals surface area (Å²) in [4.78, 5) is 24.4. The van der Waals surface area contributed by atoms with Crippen molar-refractivity contribution >= 4 is 40.9 Å². The molecule has 9 heteroatoms. The lowest BCUT2D eigenvalue weighted by Crippen LogP contribution is -2.28. The van der Waals surface area contributed by atoms with Crippen LogP contribution in [-0.2, 0) is 5.75 Å². The second kappa shape index (κ2) is 7.67. The third-order valence-corrected chi connectivity index (χ3v) is 6.51. The Balaban J connectivity index is 1.92. The van der Waals surface area contributed by atoms with E-state index >= 15 is 0 Å². The molecular formula is C20H14Cl2N2O4S. The molecular weight excluding hydrogens is 435 g/mol. The highest BCUT2D eigenvalue weighted by molar-refractivity contribution is 7.98. The van der Waals surface area contributed by atoms with Crippen LogP contribution in [0.25, 0.3) is 0 Å². The second-order valence-corrected chi connectivity index (χ2v) is 8.24. The van der Waals surface area contributed by atoms with E-state index in [1.54, 1.807) is 23.9 Å². The summed E-state index contributed by atoms with van der Waals surface area (Å²) in [6.45, 7) is 0. The summed E-state index contributed by atoms with van der Waals surface area (Å²) in [7, 11) is 0. The van der Waals surface area contributed by atoms with E-state index in [1.165, 1.54) is 6.20 Å². The third-order valence-electron chi connectivity index (χ3n) is 4.65. The van der Waals surface area contributed by atoms with Crippen molar-refractivity contribution in [1.82, 2.24) is 4.68 Å². The normalized spacial score (nSPS) is 15.2. The molecule has 0 amide bonds. The molecule has 0 spiro atoms. The smallest absolute Gasteiger partial charge is 0.358 e. The molecule has 2 aromatic carbocycles. The van der Waals surface area contributed by atoms with E-state index in [2.05, 4.69) is 5.43 Å². The maximum Gasteiger partial charge on any atom is 0.358 e. The Bertz CT molecular complexity index is 1200. The van der Waals surface area contributed by atoms with Gasteiger partial charge in [-0.05, 0) is 34.9 Å². The molecule has 1 aliphatic rings.